The van der Waals surface area contributed by atoms with E-state index < -0.39 is 0 Å². The SMILES string of the molecule is CC(=O)Cc1cccc(Nc2ncc3ccc4sc(C(=O)N(C)C)nc4c3n2)c1. The minimum absolute atomic E-state index is 0.109. The van der Waals surface area contributed by atoms with Crippen LogP contribution in [0.4, 0.5) is 11.6 Å². The van der Waals surface area contributed by atoms with Gasteiger partial charge in [0, 0.05) is 37.8 Å². The lowest BCUT2D eigenvalue weighted by molar-refractivity contribution is -0.116. The fourth-order valence-corrected chi connectivity index (χ4v) is 3.99. The molecule has 146 valence electrons. The van der Waals surface area contributed by atoms with E-state index in [0.29, 0.717) is 28.4 Å². The van der Waals surface area contributed by atoms with Gasteiger partial charge in [-0.2, -0.15) is 0 Å². The highest BCUT2D eigenvalue weighted by Gasteiger charge is 2.16. The second kappa shape index (κ2) is 7.56. The number of hydrogen-bond acceptors (Lipinski definition) is 7. The van der Waals surface area contributed by atoms with Crippen molar-refractivity contribution in [1.82, 2.24) is 19.9 Å². The quantitative estimate of drug-likeness (QED) is 0.543. The van der Waals surface area contributed by atoms with E-state index in [4.69, 9.17) is 0 Å². The highest BCUT2D eigenvalue weighted by atomic mass is 32.1. The maximum atomic E-state index is 12.3. The van der Waals surface area contributed by atoms with Crippen LogP contribution in [0.5, 0.6) is 0 Å². The van der Waals surface area contributed by atoms with Crippen molar-refractivity contribution in [2.75, 3.05) is 19.4 Å². The maximum absolute atomic E-state index is 12.3. The fraction of sp³-hybridized carbons (Fsp3) is 0.190. The van der Waals surface area contributed by atoms with Crippen LogP contribution >= 0.6 is 11.3 Å². The third-order valence-electron chi connectivity index (χ3n) is 4.33. The summed E-state index contributed by atoms with van der Waals surface area (Å²) in [5, 5.41) is 4.47. The summed E-state index contributed by atoms with van der Waals surface area (Å²) in [5.41, 5.74) is 3.11. The first-order chi connectivity index (χ1) is 13.9. The molecule has 0 radical (unpaired) electrons. The molecule has 8 heteroatoms. The molecule has 0 saturated carbocycles. The number of hydrogen-bond donors (Lipinski definition) is 1. The van der Waals surface area contributed by atoms with Crippen molar-refractivity contribution in [2.24, 2.45) is 0 Å². The van der Waals surface area contributed by atoms with E-state index in [9.17, 15) is 9.59 Å². The van der Waals surface area contributed by atoms with Crippen molar-refractivity contribution < 1.29 is 9.59 Å². The van der Waals surface area contributed by atoms with Crippen LogP contribution in [0, 0.1) is 0 Å². The van der Waals surface area contributed by atoms with E-state index in [-0.39, 0.29) is 11.7 Å². The number of rotatable bonds is 5. The first-order valence-electron chi connectivity index (χ1n) is 9.04. The zero-order valence-corrected chi connectivity index (χ0v) is 17.1. The lowest BCUT2D eigenvalue weighted by atomic mass is 10.1. The van der Waals surface area contributed by atoms with E-state index in [1.165, 1.54) is 16.2 Å². The van der Waals surface area contributed by atoms with E-state index in [0.717, 1.165) is 21.3 Å². The van der Waals surface area contributed by atoms with Crippen LogP contribution in [0.25, 0.3) is 21.1 Å². The summed E-state index contributed by atoms with van der Waals surface area (Å²) >= 11 is 1.35. The molecule has 0 fully saturated rings. The van der Waals surface area contributed by atoms with Gasteiger partial charge in [0.15, 0.2) is 5.01 Å². The molecule has 1 N–H and O–H groups in total. The third-order valence-corrected chi connectivity index (χ3v) is 5.34. The van der Waals surface area contributed by atoms with Gasteiger partial charge < -0.3 is 10.2 Å². The number of anilines is 2. The van der Waals surface area contributed by atoms with E-state index >= 15 is 0 Å². The Bertz CT molecular complexity index is 1250. The minimum atomic E-state index is -0.131. The minimum Gasteiger partial charge on any atom is -0.343 e. The van der Waals surface area contributed by atoms with Crippen LogP contribution in [-0.2, 0) is 11.2 Å². The summed E-state index contributed by atoms with van der Waals surface area (Å²) in [6.45, 7) is 1.57. The van der Waals surface area contributed by atoms with Gasteiger partial charge >= 0.3 is 0 Å². The monoisotopic (exact) mass is 405 g/mol. The third kappa shape index (κ3) is 3.93. The topological polar surface area (TPSA) is 88.1 Å². The Morgan fingerprint density at radius 3 is 2.69 bits per heavy atom. The smallest absolute Gasteiger partial charge is 0.282 e. The standard InChI is InChI=1S/C21H19N5O2S/c1-12(27)9-13-5-4-6-15(10-13)23-21-22-11-14-7-8-16-18(17(14)25-21)24-19(29-16)20(28)26(2)3/h4-8,10-11H,9H2,1-3H3,(H,22,23,25). The van der Waals surface area contributed by atoms with E-state index in [2.05, 4.69) is 20.3 Å². The van der Waals surface area contributed by atoms with Crippen molar-refractivity contribution >= 4 is 55.8 Å². The van der Waals surface area contributed by atoms with E-state index in [1.54, 1.807) is 27.2 Å². The molecule has 0 aliphatic carbocycles. The zero-order chi connectivity index (χ0) is 20.5. The average molecular weight is 405 g/mol. The molecule has 0 unspecified atom stereocenters. The summed E-state index contributed by atoms with van der Waals surface area (Å²) < 4.78 is 0.899. The molecule has 0 atom stereocenters. The van der Waals surface area contributed by atoms with Gasteiger partial charge in [-0.3, -0.25) is 9.59 Å². The lowest BCUT2D eigenvalue weighted by Crippen LogP contribution is -2.21. The van der Waals surface area contributed by atoms with Crippen molar-refractivity contribution in [3.05, 3.63) is 53.2 Å². The summed E-state index contributed by atoms with van der Waals surface area (Å²) in [6.07, 6.45) is 2.12. The van der Waals surface area contributed by atoms with Crippen LogP contribution in [-0.4, -0.2) is 45.6 Å². The highest BCUT2D eigenvalue weighted by molar-refractivity contribution is 7.20. The predicted octanol–water partition coefficient (Wildman–Crippen LogP) is 3.82. The zero-order valence-electron chi connectivity index (χ0n) is 16.3. The molecule has 0 spiro atoms. The molecule has 4 aromatic rings. The van der Waals surface area contributed by atoms with Crippen molar-refractivity contribution in [1.29, 1.82) is 0 Å². The molecule has 0 saturated heterocycles. The number of nitrogens with one attached hydrogen (secondary N) is 1. The van der Waals surface area contributed by atoms with Gasteiger partial charge in [-0.15, -0.1) is 11.3 Å². The van der Waals surface area contributed by atoms with Gasteiger partial charge in [0.1, 0.15) is 16.8 Å². The number of amides is 1. The molecular weight excluding hydrogens is 386 g/mol. The summed E-state index contributed by atoms with van der Waals surface area (Å²) in [6, 6.07) is 11.5. The Labute approximate surface area is 171 Å². The summed E-state index contributed by atoms with van der Waals surface area (Å²) in [5.74, 6) is 0.408. The van der Waals surface area contributed by atoms with Gasteiger partial charge in [0.25, 0.3) is 5.91 Å². The molecule has 0 bridgehead atoms. The van der Waals surface area contributed by atoms with Crippen LogP contribution < -0.4 is 5.32 Å². The molecule has 0 aliphatic rings. The Hall–Kier alpha value is -3.39. The number of benzene rings is 2. The molecule has 4 rings (SSSR count). The number of aromatic nitrogens is 3. The Morgan fingerprint density at radius 1 is 1.10 bits per heavy atom. The lowest BCUT2D eigenvalue weighted by Gasteiger charge is -2.07. The maximum Gasteiger partial charge on any atom is 0.282 e. The number of carbonyl (C=O) groups excluding carboxylic acids is 2. The summed E-state index contributed by atoms with van der Waals surface area (Å²) in [7, 11) is 3.41. The van der Waals surface area contributed by atoms with Gasteiger partial charge in [-0.1, -0.05) is 12.1 Å². The highest BCUT2D eigenvalue weighted by Crippen LogP contribution is 2.29. The number of carbonyl (C=O) groups is 2. The molecule has 7 nitrogen and oxygen atoms in total. The number of thiazole rings is 1. The molecular formula is C21H19N5O2S. The second-order valence-electron chi connectivity index (χ2n) is 6.97. The van der Waals surface area contributed by atoms with Crippen LogP contribution in [0.2, 0.25) is 0 Å². The predicted molar refractivity (Wildman–Crippen MR) is 115 cm³/mol. The van der Waals surface area contributed by atoms with E-state index in [1.807, 2.05) is 36.4 Å². The van der Waals surface area contributed by atoms with Gasteiger partial charge in [0.2, 0.25) is 5.95 Å². The largest absolute Gasteiger partial charge is 0.343 e. The van der Waals surface area contributed by atoms with Crippen molar-refractivity contribution in [2.45, 2.75) is 13.3 Å². The van der Waals surface area contributed by atoms with Gasteiger partial charge in [-0.25, -0.2) is 15.0 Å². The summed E-state index contributed by atoms with van der Waals surface area (Å²) in [4.78, 5) is 38.7. The molecule has 2 aromatic heterocycles. The normalized spacial score (nSPS) is 11.0. The first kappa shape index (κ1) is 18.9. The molecule has 2 heterocycles. The Kier molecular flexibility index (Phi) is 4.94. The molecule has 0 aliphatic heterocycles. The average Bonchev–Trinajstić information content (AvgIpc) is 3.12. The van der Waals surface area contributed by atoms with Crippen molar-refractivity contribution in [3.8, 4) is 0 Å². The van der Waals surface area contributed by atoms with Gasteiger partial charge in [-0.05, 0) is 36.8 Å². The first-order valence-corrected chi connectivity index (χ1v) is 9.86. The molecule has 1 amide bonds. The van der Waals surface area contributed by atoms with Gasteiger partial charge in [0.05, 0.1) is 4.70 Å². The van der Waals surface area contributed by atoms with Crippen LogP contribution in [0.3, 0.4) is 0 Å². The molecule has 2 aromatic carbocycles. The fourth-order valence-electron chi connectivity index (χ4n) is 3.00. The van der Waals surface area contributed by atoms with Crippen molar-refractivity contribution in [3.63, 3.8) is 0 Å². The number of Topliss-reactive ketones (excluding diaryl/α,β-unsaturated/α-hetero) is 1. The van der Waals surface area contributed by atoms with Crippen LogP contribution in [0.1, 0.15) is 22.3 Å². The molecule has 29 heavy (non-hydrogen) atoms. The van der Waals surface area contributed by atoms with Crippen LogP contribution in [0.15, 0.2) is 42.6 Å². The number of fused-ring (bicyclic) bond motifs is 3. The Morgan fingerprint density at radius 2 is 1.93 bits per heavy atom. The Balaban J connectivity index is 1.72. The second-order valence-corrected chi connectivity index (χ2v) is 8.00. The number of nitrogens with zero attached hydrogens (tertiary/aromatic N) is 4. The number of ketones is 1.